The number of para-hydroxylation sites is 1. The monoisotopic (exact) mass is 363 g/mol. The van der Waals surface area contributed by atoms with E-state index in [1.165, 1.54) is 16.5 Å². The molecule has 18 heavy (non-hydrogen) atoms. The molecule has 0 saturated carbocycles. The van der Waals surface area contributed by atoms with Crippen LogP contribution in [0, 0.1) is 0 Å². The Labute approximate surface area is 123 Å². The molecule has 90 valence electrons. The van der Waals surface area contributed by atoms with Gasteiger partial charge in [0.2, 0.25) is 0 Å². The molecule has 2 aromatic carbocycles. The summed E-state index contributed by atoms with van der Waals surface area (Å²) >= 11 is 7.13. The summed E-state index contributed by atoms with van der Waals surface area (Å²) in [5, 5.41) is 1.28. The minimum Gasteiger partial charge on any atom is -0.343 e. The first-order valence-electron chi connectivity index (χ1n) is 5.72. The van der Waals surface area contributed by atoms with Crippen LogP contribution in [-0.4, -0.2) is 4.57 Å². The lowest BCUT2D eigenvalue weighted by Crippen LogP contribution is -1.98. The van der Waals surface area contributed by atoms with Crippen LogP contribution in [0.4, 0.5) is 0 Å². The zero-order valence-corrected chi connectivity index (χ0v) is 12.8. The molecule has 0 aliphatic heterocycles. The van der Waals surface area contributed by atoms with Gasteiger partial charge >= 0.3 is 0 Å². The Balaban J connectivity index is 2.04. The smallest absolute Gasteiger partial charge is 0.0487 e. The number of halogens is 2. The van der Waals surface area contributed by atoms with Crippen molar-refractivity contribution in [1.29, 1.82) is 0 Å². The Hall–Kier alpha value is -1.06. The van der Waals surface area contributed by atoms with Crippen LogP contribution in [0.5, 0.6) is 0 Å². The van der Waals surface area contributed by atoms with Gasteiger partial charge < -0.3 is 4.57 Å². The van der Waals surface area contributed by atoms with Gasteiger partial charge in [0.25, 0.3) is 0 Å². The van der Waals surface area contributed by atoms with Crippen LogP contribution in [-0.2, 0) is 6.54 Å². The molecule has 0 N–H and O–H groups in total. The Morgan fingerprint density at radius 1 is 0.944 bits per heavy atom. The lowest BCUT2D eigenvalue weighted by atomic mass is 10.2. The van der Waals surface area contributed by atoms with E-state index in [-0.39, 0.29) is 0 Å². The summed E-state index contributed by atoms with van der Waals surface area (Å²) in [5.74, 6) is 0. The average molecular weight is 365 g/mol. The van der Waals surface area contributed by atoms with E-state index < -0.39 is 0 Å². The highest BCUT2D eigenvalue weighted by Gasteiger charge is 2.04. The first kappa shape index (κ1) is 12.0. The fourth-order valence-electron chi connectivity index (χ4n) is 2.13. The molecule has 3 heteroatoms. The molecule has 0 unspecified atom stereocenters. The molecular formula is C15H11Br2N. The van der Waals surface area contributed by atoms with Crippen molar-refractivity contribution in [3.63, 3.8) is 0 Å². The number of fused-ring (bicyclic) bond motifs is 1. The largest absolute Gasteiger partial charge is 0.343 e. The predicted octanol–water partition coefficient (Wildman–Crippen LogP) is 5.21. The van der Waals surface area contributed by atoms with E-state index in [1.807, 2.05) is 6.07 Å². The van der Waals surface area contributed by atoms with Crippen molar-refractivity contribution in [1.82, 2.24) is 4.57 Å². The second-order valence-corrected chi connectivity index (χ2v) is 6.01. The zero-order valence-electron chi connectivity index (χ0n) is 9.61. The van der Waals surface area contributed by atoms with E-state index in [0.29, 0.717) is 0 Å². The van der Waals surface area contributed by atoms with Crippen LogP contribution in [0.2, 0.25) is 0 Å². The molecule has 0 saturated heterocycles. The van der Waals surface area contributed by atoms with E-state index >= 15 is 0 Å². The van der Waals surface area contributed by atoms with Crippen LogP contribution in [0.25, 0.3) is 10.9 Å². The summed E-state index contributed by atoms with van der Waals surface area (Å²) in [5.41, 5.74) is 2.54. The van der Waals surface area contributed by atoms with Gasteiger partial charge in [0.15, 0.2) is 0 Å². The highest BCUT2D eigenvalue weighted by Crippen LogP contribution is 2.24. The SMILES string of the molecule is Brc1ccc(Br)c(Cn2ccc3ccccc32)c1. The summed E-state index contributed by atoms with van der Waals surface area (Å²) < 4.78 is 4.52. The maximum atomic E-state index is 3.61. The van der Waals surface area contributed by atoms with Crippen LogP contribution >= 0.6 is 31.9 Å². The van der Waals surface area contributed by atoms with E-state index in [1.54, 1.807) is 0 Å². The number of aromatic nitrogens is 1. The van der Waals surface area contributed by atoms with Crippen LogP contribution in [0.3, 0.4) is 0 Å². The highest BCUT2D eigenvalue weighted by molar-refractivity contribution is 9.11. The predicted molar refractivity (Wildman–Crippen MR) is 82.9 cm³/mol. The standard InChI is InChI=1S/C15H11Br2N/c16-13-5-6-14(17)12(9-13)10-18-8-7-11-3-1-2-4-15(11)18/h1-9H,10H2. The Morgan fingerprint density at radius 2 is 1.78 bits per heavy atom. The van der Waals surface area contributed by atoms with Gasteiger partial charge in [0.05, 0.1) is 0 Å². The molecule has 0 amide bonds. The number of benzene rings is 2. The normalized spacial score (nSPS) is 11.0. The van der Waals surface area contributed by atoms with Gasteiger partial charge in [-0.25, -0.2) is 0 Å². The molecule has 1 aromatic heterocycles. The zero-order chi connectivity index (χ0) is 12.5. The van der Waals surface area contributed by atoms with Gasteiger partial charge in [-0.3, -0.25) is 0 Å². The van der Waals surface area contributed by atoms with Crippen LogP contribution < -0.4 is 0 Å². The Kier molecular flexibility index (Phi) is 3.27. The molecule has 0 radical (unpaired) electrons. The maximum Gasteiger partial charge on any atom is 0.0487 e. The molecule has 3 aromatic rings. The molecule has 0 atom stereocenters. The molecular weight excluding hydrogens is 354 g/mol. The fraction of sp³-hybridized carbons (Fsp3) is 0.0667. The van der Waals surface area contributed by atoms with Crippen molar-refractivity contribution in [2.45, 2.75) is 6.54 Å². The van der Waals surface area contributed by atoms with Crippen LogP contribution in [0.1, 0.15) is 5.56 Å². The van der Waals surface area contributed by atoms with Gasteiger partial charge in [0, 0.05) is 27.2 Å². The van der Waals surface area contributed by atoms with E-state index in [0.717, 1.165) is 15.5 Å². The summed E-state index contributed by atoms with van der Waals surface area (Å²) in [6, 6.07) is 16.9. The van der Waals surface area contributed by atoms with Crippen molar-refractivity contribution in [3.8, 4) is 0 Å². The second-order valence-electron chi connectivity index (χ2n) is 4.24. The van der Waals surface area contributed by atoms with Gasteiger partial charge in [-0.2, -0.15) is 0 Å². The highest BCUT2D eigenvalue weighted by atomic mass is 79.9. The van der Waals surface area contributed by atoms with E-state index in [9.17, 15) is 0 Å². The minimum atomic E-state index is 0.869. The summed E-state index contributed by atoms with van der Waals surface area (Å²) in [7, 11) is 0. The number of nitrogens with zero attached hydrogens (tertiary/aromatic N) is 1. The third-order valence-corrected chi connectivity index (χ3v) is 4.30. The average Bonchev–Trinajstić information content (AvgIpc) is 2.78. The van der Waals surface area contributed by atoms with Gasteiger partial charge in [0.1, 0.15) is 0 Å². The van der Waals surface area contributed by atoms with E-state index in [2.05, 4.69) is 85.1 Å². The first-order valence-corrected chi connectivity index (χ1v) is 7.30. The van der Waals surface area contributed by atoms with Crippen molar-refractivity contribution in [3.05, 3.63) is 69.2 Å². The number of rotatable bonds is 2. The first-order chi connectivity index (χ1) is 8.74. The van der Waals surface area contributed by atoms with Crippen molar-refractivity contribution in [2.75, 3.05) is 0 Å². The molecule has 0 spiro atoms. The molecule has 0 aliphatic carbocycles. The van der Waals surface area contributed by atoms with Gasteiger partial charge in [-0.15, -0.1) is 0 Å². The molecule has 1 heterocycles. The third kappa shape index (κ3) is 2.25. The minimum absolute atomic E-state index is 0.869. The number of hydrogen-bond acceptors (Lipinski definition) is 0. The second kappa shape index (κ2) is 4.90. The third-order valence-electron chi connectivity index (χ3n) is 3.03. The van der Waals surface area contributed by atoms with Crippen molar-refractivity contribution in [2.24, 2.45) is 0 Å². The summed E-state index contributed by atoms with van der Waals surface area (Å²) in [6.07, 6.45) is 2.14. The fourth-order valence-corrected chi connectivity index (χ4v) is 2.91. The van der Waals surface area contributed by atoms with Gasteiger partial charge in [-0.05, 0) is 41.3 Å². The van der Waals surface area contributed by atoms with Crippen molar-refractivity contribution >= 4 is 42.8 Å². The topological polar surface area (TPSA) is 4.93 Å². The van der Waals surface area contributed by atoms with Gasteiger partial charge in [-0.1, -0.05) is 50.1 Å². The Morgan fingerprint density at radius 3 is 2.67 bits per heavy atom. The Bertz CT molecular complexity index is 701. The molecule has 0 fully saturated rings. The lowest BCUT2D eigenvalue weighted by Gasteiger charge is -2.08. The lowest BCUT2D eigenvalue weighted by molar-refractivity contribution is 0.832. The van der Waals surface area contributed by atoms with Crippen molar-refractivity contribution < 1.29 is 0 Å². The molecule has 0 bridgehead atoms. The quantitative estimate of drug-likeness (QED) is 0.587. The summed E-state index contributed by atoms with van der Waals surface area (Å²) in [6.45, 7) is 0.869. The maximum absolute atomic E-state index is 3.61. The molecule has 1 nitrogen and oxygen atoms in total. The van der Waals surface area contributed by atoms with E-state index in [4.69, 9.17) is 0 Å². The number of hydrogen-bond donors (Lipinski definition) is 0. The van der Waals surface area contributed by atoms with Crippen LogP contribution in [0.15, 0.2) is 63.7 Å². The molecule has 3 rings (SSSR count). The molecule has 0 aliphatic rings. The summed E-state index contributed by atoms with van der Waals surface area (Å²) in [4.78, 5) is 0.